The lowest BCUT2D eigenvalue weighted by molar-refractivity contribution is -0.147. The highest BCUT2D eigenvalue weighted by Gasteiger charge is 2.42. The fourth-order valence-electron chi connectivity index (χ4n) is 2.53. The Hall–Kier alpha value is -2.50. The molecule has 1 aromatic heterocycles. The van der Waals surface area contributed by atoms with Crippen LogP contribution < -0.4 is 0 Å². The molecule has 1 fully saturated rings. The zero-order valence-electron chi connectivity index (χ0n) is 11.6. The van der Waals surface area contributed by atoms with E-state index < -0.39 is 11.4 Å². The number of nitrogens with zero attached hydrogens (tertiary/aromatic N) is 3. The Bertz CT molecular complexity index is 731. The van der Waals surface area contributed by atoms with Crippen molar-refractivity contribution in [3.8, 4) is 0 Å². The average Bonchev–Trinajstić information content (AvgIpc) is 2.90. The predicted octanol–water partition coefficient (Wildman–Crippen LogP) is 1.57. The number of carboxylic acid groups (broad SMARTS) is 1. The maximum atomic E-state index is 12.4. The van der Waals surface area contributed by atoms with E-state index in [4.69, 9.17) is 0 Å². The lowest BCUT2D eigenvalue weighted by Gasteiger charge is -2.19. The second kappa shape index (κ2) is 4.80. The monoisotopic (exact) mass is 285 g/mol. The number of carbonyl (C=O) groups excluding carboxylic acids is 1. The van der Waals surface area contributed by atoms with Gasteiger partial charge < -0.3 is 10.0 Å². The number of hydrogen-bond donors (Lipinski definition) is 1. The molecule has 1 saturated heterocycles. The summed E-state index contributed by atoms with van der Waals surface area (Å²) in [5.74, 6) is -1.14. The lowest BCUT2D eigenvalue weighted by Crippen LogP contribution is -2.35. The van der Waals surface area contributed by atoms with Crippen molar-refractivity contribution in [2.45, 2.75) is 13.3 Å². The molecular weight excluding hydrogens is 270 g/mol. The number of rotatable bonds is 2. The van der Waals surface area contributed by atoms with Crippen molar-refractivity contribution in [1.82, 2.24) is 14.9 Å². The Kier molecular flexibility index (Phi) is 3.08. The van der Waals surface area contributed by atoms with E-state index in [9.17, 15) is 14.7 Å². The summed E-state index contributed by atoms with van der Waals surface area (Å²) in [5.41, 5.74) is 0.762. The Labute approximate surface area is 121 Å². The topological polar surface area (TPSA) is 83.4 Å². The van der Waals surface area contributed by atoms with Crippen LogP contribution in [0.15, 0.2) is 30.5 Å². The number of fused-ring (bicyclic) bond motifs is 1. The van der Waals surface area contributed by atoms with Crippen LogP contribution in [0.4, 0.5) is 0 Å². The number of carboxylic acids is 1. The van der Waals surface area contributed by atoms with E-state index in [1.807, 2.05) is 18.2 Å². The molecule has 1 aliphatic rings. The van der Waals surface area contributed by atoms with Crippen LogP contribution in [0.5, 0.6) is 0 Å². The van der Waals surface area contributed by atoms with Gasteiger partial charge in [0.2, 0.25) is 0 Å². The van der Waals surface area contributed by atoms with Crippen LogP contribution in [-0.4, -0.2) is 44.9 Å². The van der Waals surface area contributed by atoms with Crippen LogP contribution >= 0.6 is 0 Å². The standard InChI is InChI=1S/C15H15N3O3/c1-15(14(20)21)6-7-18(9-15)13(19)12-8-16-10-4-2-3-5-11(10)17-12/h2-5,8H,6-7,9H2,1H3,(H,20,21)/t15-/m1/s1. The van der Waals surface area contributed by atoms with Gasteiger partial charge in [-0.1, -0.05) is 12.1 Å². The SMILES string of the molecule is C[C@@]1(C(=O)O)CCN(C(=O)c2cnc3ccccc3n2)C1. The summed E-state index contributed by atoms with van der Waals surface area (Å²) >= 11 is 0. The fraction of sp³-hybridized carbons (Fsp3) is 0.333. The molecule has 0 aliphatic carbocycles. The largest absolute Gasteiger partial charge is 0.481 e. The molecule has 0 saturated carbocycles. The molecule has 1 atom stereocenters. The van der Waals surface area contributed by atoms with Crippen LogP contribution in [0.1, 0.15) is 23.8 Å². The molecule has 6 heteroatoms. The number of likely N-dealkylation sites (tertiary alicyclic amines) is 1. The highest BCUT2D eigenvalue weighted by Crippen LogP contribution is 2.30. The number of aromatic nitrogens is 2. The van der Waals surface area contributed by atoms with Crippen molar-refractivity contribution < 1.29 is 14.7 Å². The summed E-state index contributed by atoms with van der Waals surface area (Å²) in [6.07, 6.45) is 1.90. The molecule has 21 heavy (non-hydrogen) atoms. The Balaban J connectivity index is 1.86. The zero-order chi connectivity index (χ0) is 15.0. The molecule has 1 amide bonds. The van der Waals surface area contributed by atoms with Crippen molar-refractivity contribution in [3.05, 3.63) is 36.2 Å². The van der Waals surface area contributed by atoms with E-state index >= 15 is 0 Å². The minimum Gasteiger partial charge on any atom is -0.481 e. The normalized spacial score (nSPS) is 21.7. The van der Waals surface area contributed by atoms with Crippen molar-refractivity contribution in [1.29, 1.82) is 0 Å². The number of aliphatic carboxylic acids is 1. The lowest BCUT2D eigenvalue weighted by atomic mass is 9.90. The van der Waals surface area contributed by atoms with Crippen molar-refractivity contribution in [2.24, 2.45) is 5.41 Å². The molecule has 0 unspecified atom stereocenters. The van der Waals surface area contributed by atoms with Crippen LogP contribution in [0.2, 0.25) is 0 Å². The first-order valence-electron chi connectivity index (χ1n) is 6.74. The van der Waals surface area contributed by atoms with Gasteiger partial charge in [0.25, 0.3) is 5.91 Å². The molecule has 108 valence electrons. The van der Waals surface area contributed by atoms with Gasteiger partial charge in [-0.3, -0.25) is 14.6 Å². The predicted molar refractivity (Wildman–Crippen MR) is 75.8 cm³/mol. The number of benzene rings is 1. The van der Waals surface area contributed by atoms with Gasteiger partial charge in [-0.15, -0.1) is 0 Å². The fourth-order valence-corrected chi connectivity index (χ4v) is 2.53. The van der Waals surface area contributed by atoms with E-state index in [0.29, 0.717) is 18.5 Å². The van der Waals surface area contributed by atoms with Gasteiger partial charge in [0.15, 0.2) is 0 Å². The summed E-state index contributed by atoms with van der Waals surface area (Å²) in [7, 11) is 0. The molecule has 1 aromatic carbocycles. The van der Waals surface area contributed by atoms with Crippen LogP contribution in [-0.2, 0) is 4.79 Å². The molecule has 1 aliphatic heterocycles. The van der Waals surface area contributed by atoms with Crippen LogP contribution in [0.25, 0.3) is 11.0 Å². The first-order chi connectivity index (χ1) is 9.99. The summed E-state index contributed by atoms with van der Waals surface area (Å²) < 4.78 is 0. The van der Waals surface area contributed by atoms with Gasteiger partial charge in [0, 0.05) is 13.1 Å². The number of carbonyl (C=O) groups is 2. The maximum Gasteiger partial charge on any atom is 0.311 e. The molecule has 6 nitrogen and oxygen atoms in total. The second-order valence-electron chi connectivity index (χ2n) is 5.59. The molecule has 0 bridgehead atoms. The van der Waals surface area contributed by atoms with Crippen molar-refractivity contribution >= 4 is 22.9 Å². The van der Waals surface area contributed by atoms with E-state index in [1.54, 1.807) is 13.0 Å². The van der Waals surface area contributed by atoms with E-state index in [0.717, 1.165) is 5.52 Å². The first-order valence-corrected chi connectivity index (χ1v) is 6.74. The minimum atomic E-state index is -0.875. The maximum absolute atomic E-state index is 12.4. The molecular formula is C15H15N3O3. The smallest absolute Gasteiger partial charge is 0.311 e. The summed E-state index contributed by atoms with van der Waals surface area (Å²) in [6, 6.07) is 7.32. The third-order valence-electron chi connectivity index (χ3n) is 3.94. The van der Waals surface area contributed by atoms with Gasteiger partial charge >= 0.3 is 5.97 Å². The minimum absolute atomic E-state index is 0.204. The van der Waals surface area contributed by atoms with E-state index in [1.165, 1.54) is 11.1 Å². The Morgan fingerprint density at radius 2 is 2.00 bits per heavy atom. The van der Waals surface area contributed by atoms with Crippen LogP contribution in [0.3, 0.4) is 0 Å². The third-order valence-corrected chi connectivity index (χ3v) is 3.94. The van der Waals surface area contributed by atoms with Gasteiger partial charge in [0.1, 0.15) is 5.69 Å². The molecule has 1 N–H and O–H groups in total. The number of hydrogen-bond acceptors (Lipinski definition) is 4. The van der Waals surface area contributed by atoms with Crippen molar-refractivity contribution in [3.63, 3.8) is 0 Å². The number of para-hydroxylation sites is 2. The summed E-state index contributed by atoms with van der Waals surface area (Å²) in [6.45, 7) is 2.29. The third kappa shape index (κ3) is 2.33. The van der Waals surface area contributed by atoms with Crippen LogP contribution in [0, 0.1) is 5.41 Å². The highest BCUT2D eigenvalue weighted by atomic mass is 16.4. The summed E-state index contributed by atoms with van der Waals surface area (Å²) in [4.78, 5) is 33.7. The quantitative estimate of drug-likeness (QED) is 0.905. The molecule has 2 aromatic rings. The molecule has 0 radical (unpaired) electrons. The van der Waals surface area contributed by atoms with Gasteiger partial charge in [-0.05, 0) is 25.5 Å². The van der Waals surface area contributed by atoms with Crippen molar-refractivity contribution in [2.75, 3.05) is 13.1 Å². The molecule has 2 heterocycles. The second-order valence-corrected chi connectivity index (χ2v) is 5.59. The van der Waals surface area contributed by atoms with Gasteiger partial charge in [-0.2, -0.15) is 0 Å². The number of amides is 1. The highest BCUT2D eigenvalue weighted by molar-refractivity contribution is 5.94. The first kappa shape index (κ1) is 13.5. The Morgan fingerprint density at radius 1 is 1.29 bits per heavy atom. The van der Waals surface area contributed by atoms with E-state index in [-0.39, 0.29) is 18.1 Å². The van der Waals surface area contributed by atoms with Gasteiger partial charge in [0.05, 0.1) is 22.6 Å². The summed E-state index contributed by atoms with van der Waals surface area (Å²) in [5, 5.41) is 9.22. The molecule has 3 rings (SSSR count). The average molecular weight is 285 g/mol. The van der Waals surface area contributed by atoms with Gasteiger partial charge in [-0.25, -0.2) is 4.98 Å². The Morgan fingerprint density at radius 3 is 2.67 bits per heavy atom. The molecule has 0 spiro atoms. The van der Waals surface area contributed by atoms with E-state index in [2.05, 4.69) is 9.97 Å². The zero-order valence-corrected chi connectivity index (χ0v) is 11.6.